The number of aryl methyl sites for hydroxylation is 1. The molecule has 8 heteroatoms. The second-order valence-electron chi connectivity index (χ2n) is 7.20. The molecule has 1 aromatic carbocycles. The number of methoxy groups -OCH3 is 1. The normalized spacial score (nSPS) is 18.2. The van der Waals surface area contributed by atoms with E-state index in [2.05, 4.69) is 22.3 Å². The van der Waals surface area contributed by atoms with E-state index in [1.165, 1.54) is 18.5 Å². The Balaban J connectivity index is 1.64. The molecule has 0 saturated carbocycles. The molecular weight excluding hydrogens is 390 g/mol. The average Bonchev–Trinajstić information content (AvgIpc) is 3.32. The fourth-order valence-electron chi connectivity index (χ4n) is 3.42. The summed E-state index contributed by atoms with van der Waals surface area (Å²) in [6.45, 7) is 4.88. The SMILES string of the molecule is COCCCNC(=O)CN1C(=O)S/C(=C\c2ccc(N3CCCC3)cc2C)C1=O. The third-order valence-electron chi connectivity index (χ3n) is 5.03. The molecule has 2 aliphatic rings. The summed E-state index contributed by atoms with van der Waals surface area (Å²) in [7, 11) is 1.59. The Morgan fingerprint density at radius 1 is 1.28 bits per heavy atom. The summed E-state index contributed by atoms with van der Waals surface area (Å²) in [6.07, 6.45) is 4.85. The Hall–Kier alpha value is -2.32. The Bertz CT molecular complexity index is 818. The first-order chi connectivity index (χ1) is 14.0. The van der Waals surface area contributed by atoms with Gasteiger partial charge in [0.2, 0.25) is 5.91 Å². The molecule has 0 bridgehead atoms. The molecule has 0 aromatic heterocycles. The minimum Gasteiger partial charge on any atom is -0.385 e. The van der Waals surface area contributed by atoms with Crippen molar-refractivity contribution in [1.29, 1.82) is 0 Å². The molecule has 2 saturated heterocycles. The molecule has 2 aliphatic heterocycles. The molecule has 1 aromatic rings. The maximum Gasteiger partial charge on any atom is 0.294 e. The smallest absolute Gasteiger partial charge is 0.294 e. The highest BCUT2D eigenvalue weighted by Crippen LogP contribution is 2.33. The zero-order chi connectivity index (χ0) is 20.8. The first-order valence-electron chi connectivity index (χ1n) is 9.86. The van der Waals surface area contributed by atoms with Crippen molar-refractivity contribution in [3.8, 4) is 0 Å². The average molecular weight is 418 g/mol. The monoisotopic (exact) mass is 417 g/mol. The highest BCUT2D eigenvalue weighted by Gasteiger charge is 2.36. The molecule has 0 aliphatic carbocycles. The van der Waals surface area contributed by atoms with Crippen molar-refractivity contribution in [3.05, 3.63) is 34.2 Å². The third kappa shape index (κ3) is 5.39. The Labute approximate surface area is 175 Å². The van der Waals surface area contributed by atoms with Gasteiger partial charge in [0, 0.05) is 39.0 Å². The van der Waals surface area contributed by atoms with Gasteiger partial charge in [-0.2, -0.15) is 0 Å². The lowest BCUT2D eigenvalue weighted by Gasteiger charge is -2.18. The number of carbonyl (C=O) groups excluding carboxylic acids is 3. The highest BCUT2D eigenvalue weighted by molar-refractivity contribution is 8.18. The van der Waals surface area contributed by atoms with Crippen molar-refractivity contribution in [2.45, 2.75) is 26.2 Å². The van der Waals surface area contributed by atoms with E-state index < -0.39 is 11.1 Å². The van der Waals surface area contributed by atoms with Crippen LogP contribution < -0.4 is 10.2 Å². The minimum absolute atomic E-state index is 0.262. The van der Waals surface area contributed by atoms with Gasteiger partial charge in [-0.1, -0.05) is 6.07 Å². The molecule has 0 spiro atoms. The van der Waals surface area contributed by atoms with E-state index in [9.17, 15) is 14.4 Å². The van der Waals surface area contributed by atoms with Crippen LogP contribution in [0.4, 0.5) is 10.5 Å². The number of amides is 3. The second kappa shape index (κ2) is 9.93. The topological polar surface area (TPSA) is 79.0 Å². The number of ether oxygens (including phenoxy) is 1. The molecule has 7 nitrogen and oxygen atoms in total. The molecule has 2 heterocycles. The summed E-state index contributed by atoms with van der Waals surface area (Å²) in [5, 5.41) is 2.28. The second-order valence-corrected chi connectivity index (χ2v) is 8.19. The zero-order valence-electron chi connectivity index (χ0n) is 16.9. The van der Waals surface area contributed by atoms with E-state index >= 15 is 0 Å². The number of rotatable bonds is 8. The van der Waals surface area contributed by atoms with Gasteiger partial charge in [-0.25, -0.2) is 0 Å². The van der Waals surface area contributed by atoms with Crippen LogP contribution in [0.1, 0.15) is 30.4 Å². The zero-order valence-corrected chi connectivity index (χ0v) is 17.7. The number of carbonyl (C=O) groups is 3. The molecule has 3 rings (SSSR count). The van der Waals surface area contributed by atoms with Crippen molar-refractivity contribution in [1.82, 2.24) is 10.2 Å². The van der Waals surface area contributed by atoms with Gasteiger partial charge in [0.15, 0.2) is 0 Å². The van der Waals surface area contributed by atoms with Crippen molar-refractivity contribution in [2.75, 3.05) is 44.8 Å². The number of thioether (sulfide) groups is 1. The molecule has 29 heavy (non-hydrogen) atoms. The highest BCUT2D eigenvalue weighted by atomic mass is 32.2. The van der Waals surface area contributed by atoms with Crippen LogP contribution in [0.2, 0.25) is 0 Å². The summed E-state index contributed by atoms with van der Waals surface area (Å²) in [6, 6.07) is 6.16. The molecule has 0 unspecified atom stereocenters. The maximum absolute atomic E-state index is 12.6. The number of nitrogens with one attached hydrogen (secondary N) is 1. The van der Waals surface area contributed by atoms with E-state index in [4.69, 9.17) is 4.74 Å². The predicted octanol–water partition coefficient (Wildman–Crippen LogP) is 2.78. The Morgan fingerprint density at radius 3 is 2.72 bits per heavy atom. The van der Waals surface area contributed by atoms with Crippen LogP contribution >= 0.6 is 11.8 Å². The molecule has 1 N–H and O–H groups in total. The third-order valence-corrected chi connectivity index (χ3v) is 5.94. The first-order valence-corrected chi connectivity index (χ1v) is 10.7. The van der Waals surface area contributed by atoms with Crippen LogP contribution in [-0.4, -0.2) is 61.8 Å². The summed E-state index contributed by atoms with van der Waals surface area (Å²) >= 11 is 0.877. The molecule has 156 valence electrons. The Kier molecular flexibility index (Phi) is 7.33. The molecule has 2 fully saturated rings. The first kappa shape index (κ1) is 21.4. The van der Waals surface area contributed by atoms with Crippen molar-refractivity contribution >= 4 is 40.6 Å². The van der Waals surface area contributed by atoms with Crippen LogP contribution in [0.3, 0.4) is 0 Å². The van der Waals surface area contributed by atoms with Gasteiger partial charge in [0.1, 0.15) is 6.54 Å². The van der Waals surface area contributed by atoms with Gasteiger partial charge < -0.3 is 15.0 Å². The largest absolute Gasteiger partial charge is 0.385 e. The van der Waals surface area contributed by atoms with Gasteiger partial charge in [0.25, 0.3) is 11.1 Å². The minimum atomic E-state index is -0.421. The van der Waals surface area contributed by atoms with Crippen molar-refractivity contribution < 1.29 is 19.1 Å². The Morgan fingerprint density at radius 2 is 2.03 bits per heavy atom. The fourth-order valence-corrected chi connectivity index (χ4v) is 4.24. The van der Waals surface area contributed by atoms with Crippen molar-refractivity contribution in [3.63, 3.8) is 0 Å². The van der Waals surface area contributed by atoms with Gasteiger partial charge in [-0.15, -0.1) is 0 Å². The number of hydrogen-bond donors (Lipinski definition) is 1. The van der Waals surface area contributed by atoms with Gasteiger partial charge >= 0.3 is 0 Å². The van der Waals surface area contributed by atoms with Crippen LogP contribution in [-0.2, 0) is 14.3 Å². The van der Waals surface area contributed by atoms with E-state index in [0.717, 1.165) is 40.9 Å². The van der Waals surface area contributed by atoms with Crippen LogP contribution in [0.5, 0.6) is 0 Å². The van der Waals surface area contributed by atoms with Gasteiger partial charge in [-0.3, -0.25) is 19.3 Å². The van der Waals surface area contributed by atoms with Crippen LogP contribution in [0.15, 0.2) is 23.1 Å². The molecular formula is C21H27N3O4S. The number of benzene rings is 1. The quantitative estimate of drug-likeness (QED) is 0.518. The predicted molar refractivity (Wildman–Crippen MR) is 115 cm³/mol. The summed E-state index contributed by atoms with van der Waals surface area (Å²) in [4.78, 5) is 40.6. The molecule has 0 radical (unpaired) electrons. The van der Waals surface area contributed by atoms with Crippen LogP contribution in [0.25, 0.3) is 6.08 Å². The summed E-state index contributed by atoms with van der Waals surface area (Å²) in [5.41, 5.74) is 3.15. The van der Waals surface area contributed by atoms with Crippen molar-refractivity contribution in [2.24, 2.45) is 0 Å². The van der Waals surface area contributed by atoms with E-state index in [1.54, 1.807) is 13.2 Å². The molecule has 0 atom stereocenters. The van der Waals surface area contributed by atoms with Gasteiger partial charge in [0.05, 0.1) is 4.91 Å². The van der Waals surface area contributed by atoms with Crippen LogP contribution in [0, 0.1) is 6.92 Å². The number of nitrogens with zero attached hydrogens (tertiary/aromatic N) is 2. The molecule has 3 amide bonds. The number of anilines is 1. The number of imide groups is 1. The summed E-state index contributed by atoms with van der Waals surface area (Å²) < 4.78 is 4.92. The summed E-state index contributed by atoms with van der Waals surface area (Å²) in [5.74, 6) is -0.772. The lowest BCUT2D eigenvalue weighted by molar-refractivity contribution is -0.129. The maximum atomic E-state index is 12.6. The lowest BCUT2D eigenvalue weighted by atomic mass is 10.1. The standard InChI is InChI=1S/C21H27N3O4S/c1-15-12-17(23-9-3-4-10-23)7-6-16(15)13-18-20(26)24(21(27)29-18)14-19(25)22-8-5-11-28-2/h6-7,12-13H,3-5,8-11,14H2,1-2H3,(H,22,25)/b18-13-. The van der Waals surface area contributed by atoms with E-state index in [0.29, 0.717) is 24.5 Å². The van der Waals surface area contributed by atoms with Gasteiger partial charge in [-0.05, 0) is 67.3 Å². The fraction of sp³-hybridized carbons (Fsp3) is 0.476. The lowest BCUT2D eigenvalue weighted by Crippen LogP contribution is -2.39. The van der Waals surface area contributed by atoms with E-state index in [1.807, 2.05) is 13.0 Å². The van der Waals surface area contributed by atoms with E-state index in [-0.39, 0.29) is 12.5 Å². The number of hydrogen-bond acceptors (Lipinski definition) is 6.